The number of halogens is 1. The molecule has 102 valence electrons. The number of rotatable bonds is 1. The van der Waals surface area contributed by atoms with Crippen molar-refractivity contribution in [3.05, 3.63) is 71.3 Å². The smallest absolute Gasteiger partial charge is 0.182 e. The highest BCUT2D eigenvalue weighted by molar-refractivity contribution is 7.71. The standard InChI is InChI=1S/C17H11FN2S/c18-14-6-3-7-15-16(14)19-17(21)20(15)13-9-8-11-4-1-2-5-12(11)10-13/h1-10H,(H,19,21). The van der Waals surface area contributed by atoms with E-state index in [1.807, 2.05) is 34.9 Å². The summed E-state index contributed by atoms with van der Waals surface area (Å²) in [5.41, 5.74) is 2.11. The zero-order chi connectivity index (χ0) is 14.4. The number of nitrogens with one attached hydrogen (secondary N) is 1. The predicted molar refractivity (Wildman–Crippen MR) is 85.9 cm³/mol. The van der Waals surface area contributed by atoms with E-state index >= 15 is 0 Å². The van der Waals surface area contributed by atoms with E-state index in [1.54, 1.807) is 6.07 Å². The van der Waals surface area contributed by atoms with Gasteiger partial charge in [0.25, 0.3) is 0 Å². The predicted octanol–water partition coefficient (Wildman–Crippen LogP) is 4.98. The molecule has 2 nitrogen and oxygen atoms in total. The number of para-hydroxylation sites is 1. The Morgan fingerprint density at radius 2 is 1.71 bits per heavy atom. The molecule has 0 aliphatic rings. The van der Waals surface area contributed by atoms with Gasteiger partial charge >= 0.3 is 0 Å². The molecule has 0 amide bonds. The van der Waals surface area contributed by atoms with Gasteiger partial charge in [-0.3, -0.25) is 4.57 Å². The van der Waals surface area contributed by atoms with Crippen LogP contribution in [0.3, 0.4) is 0 Å². The van der Waals surface area contributed by atoms with Crippen LogP contribution in [-0.4, -0.2) is 9.55 Å². The molecule has 0 unspecified atom stereocenters. The summed E-state index contributed by atoms with van der Waals surface area (Å²) in [7, 11) is 0. The molecule has 0 aliphatic carbocycles. The first kappa shape index (κ1) is 12.3. The lowest BCUT2D eigenvalue weighted by Crippen LogP contribution is -1.93. The van der Waals surface area contributed by atoms with Crippen LogP contribution >= 0.6 is 12.2 Å². The summed E-state index contributed by atoms with van der Waals surface area (Å²) >= 11 is 5.36. The third-order valence-electron chi connectivity index (χ3n) is 3.66. The van der Waals surface area contributed by atoms with Crippen molar-refractivity contribution >= 4 is 34.0 Å². The Balaban J connectivity index is 2.06. The van der Waals surface area contributed by atoms with E-state index in [9.17, 15) is 4.39 Å². The second kappa shape index (κ2) is 4.53. The molecule has 0 saturated heterocycles. The van der Waals surface area contributed by atoms with E-state index in [1.165, 1.54) is 11.5 Å². The van der Waals surface area contributed by atoms with Gasteiger partial charge in [0.2, 0.25) is 0 Å². The van der Waals surface area contributed by atoms with Crippen molar-refractivity contribution in [2.24, 2.45) is 0 Å². The molecule has 0 radical (unpaired) electrons. The minimum Gasteiger partial charge on any atom is -0.328 e. The largest absolute Gasteiger partial charge is 0.328 e. The van der Waals surface area contributed by atoms with E-state index in [-0.39, 0.29) is 5.82 Å². The maximum Gasteiger partial charge on any atom is 0.182 e. The molecule has 0 saturated carbocycles. The Morgan fingerprint density at radius 1 is 0.905 bits per heavy atom. The fraction of sp³-hybridized carbons (Fsp3) is 0. The third-order valence-corrected chi connectivity index (χ3v) is 3.94. The summed E-state index contributed by atoms with van der Waals surface area (Å²) in [6, 6.07) is 19.2. The van der Waals surface area contributed by atoms with Gasteiger partial charge < -0.3 is 4.98 Å². The Bertz CT molecular complexity index is 1030. The summed E-state index contributed by atoms with van der Waals surface area (Å²) < 4.78 is 16.2. The van der Waals surface area contributed by atoms with Crippen molar-refractivity contribution in [2.45, 2.75) is 0 Å². The van der Waals surface area contributed by atoms with Crippen molar-refractivity contribution in [3.8, 4) is 5.69 Å². The number of H-pyrrole nitrogens is 1. The highest BCUT2D eigenvalue weighted by Gasteiger charge is 2.09. The van der Waals surface area contributed by atoms with Gasteiger partial charge in [0.15, 0.2) is 4.77 Å². The van der Waals surface area contributed by atoms with Gasteiger partial charge in [0.05, 0.1) is 5.52 Å². The fourth-order valence-corrected chi connectivity index (χ4v) is 2.97. The summed E-state index contributed by atoms with van der Waals surface area (Å²) in [6.07, 6.45) is 0. The summed E-state index contributed by atoms with van der Waals surface area (Å²) in [6.45, 7) is 0. The van der Waals surface area contributed by atoms with Crippen molar-refractivity contribution in [3.63, 3.8) is 0 Å². The minimum atomic E-state index is -0.293. The molecule has 4 rings (SSSR count). The summed E-state index contributed by atoms with van der Waals surface area (Å²) in [5, 5.41) is 2.29. The van der Waals surface area contributed by atoms with Crippen molar-refractivity contribution in [1.29, 1.82) is 0 Å². The van der Waals surface area contributed by atoms with Crippen LogP contribution in [0.25, 0.3) is 27.5 Å². The highest BCUT2D eigenvalue weighted by Crippen LogP contribution is 2.24. The van der Waals surface area contributed by atoms with E-state index in [4.69, 9.17) is 12.2 Å². The second-order valence-corrected chi connectivity index (χ2v) is 5.32. The molecule has 0 aliphatic heterocycles. The maximum atomic E-state index is 13.9. The van der Waals surface area contributed by atoms with E-state index in [0.29, 0.717) is 10.3 Å². The molecule has 4 heteroatoms. The molecule has 1 heterocycles. The summed E-state index contributed by atoms with van der Waals surface area (Å²) in [5.74, 6) is -0.293. The maximum absolute atomic E-state index is 13.9. The third kappa shape index (κ3) is 1.87. The molecule has 4 aromatic rings. The average molecular weight is 294 g/mol. The number of nitrogens with zero attached hydrogens (tertiary/aromatic N) is 1. The highest BCUT2D eigenvalue weighted by atomic mass is 32.1. The van der Waals surface area contributed by atoms with E-state index < -0.39 is 0 Å². The van der Waals surface area contributed by atoms with Crippen LogP contribution in [0.4, 0.5) is 4.39 Å². The first-order valence-electron chi connectivity index (χ1n) is 6.62. The van der Waals surface area contributed by atoms with Gasteiger partial charge in [-0.05, 0) is 47.3 Å². The molecule has 0 atom stereocenters. The van der Waals surface area contributed by atoms with Crippen LogP contribution in [0.1, 0.15) is 0 Å². The molecule has 0 spiro atoms. The first-order valence-corrected chi connectivity index (χ1v) is 7.03. The Hall–Kier alpha value is -2.46. The molecular weight excluding hydrogens is 283 g/mol. The van der Waals surface area contributed by atoms with E-state index in [2.05, 4.69) is 23.2 Å². The SMILES string of the molecule is Fc1cccc2c1[nH]c(=S)n2-c1ccc2ccccc2c1. The lowest BCUT2D eigenvalue weighted by Gasteiger charge is -2.06. The first-order chi connectivity index (χ1) is 10.2. The summed E-state index contributed by atoms with van der Waals surface area (Å²) in [4.78, 5) is 2.94. The normalized spacial score (nSPS) is 11.3. The Morgan fingerprint density at radius 3 is 2.57 bits per heavy atom. The molecule has 1 N–H and O–H groups in total. The second-order valence-electron chi connectivity index (χ2n) is 4.93. The number of imidazole rings is 1. The van der Waals surface area contributed by atoms with Gasteiger partial charge in [0, 0.05) is 5.69 Å². The molecule has 3 aromatic carbocycles. The zero-order valence-corrected chi connectivity index (χ0v) is 11.8. The van der Waals surface area contributed by atoms with Crippen LogP contribution in [0, 0.1) is 10.6 Å². The number of aromatic amines is 1. The van der Waals surface area contributed by atoms with E-state index in [0.717, 1.165) is 16.6 Å². The van der Waals surface area contributed by atoms with Crippen molar-refractivity contribution in [1.82, 2.24) is 9.55 Å². The molecule has 21 heavy (non-hydrogen) atoms. The minimum absolute atomic E-state index is 0.293. The van der Waals surface area contributed by atoms with Crippen LogP contribution in [-0.2, 0) is 0 Å². The molecule has 0 fully saturated rings. The van der Waals surface area contributed by atoms with Gasteiger partial charge in [-0.25, -0.2) is 4.39 Å². The lowest BCUT2D eigenvalue weighted by atomic mass is 10.1. The van der Waals surface area contributed by atoms with Gasteiger partial charge in [-0.2, -0.15) is 0 Å². The van der Waals surface area contributed by atoms with Gasteiger partial charge in [0.1, 0.15) is 11.3 Å². The van der Waals surface area contributed by atoms with Crippen LogP contribution in [0.2, 0.25) is 0 Å². The fourth-order valence-electron chi connectivity index (χ4n) is 2.67. The van der Waals surface area contributed by atoms with Crippen LogP contribution in [0.15, 0.2) is 60.7 Å². The number of aromatic nitrogens is 2. The molecule has 1 aromatic heterocycles. The van der Waals surface area contributed by atoms with Crippen LogP contribution < -0.4 is 0 Å². The zero-order valence-electron chi connectivity index (χ0n) is 11.0. The van der Waals surface area contributed by atoms with Gasteiger partial charge in [-0.15, -0.1) is 0 Å². The van der Waals surface area contributed by atoms with Gasteiger partial charge in [-0.1, -0.05) is 36.4 Å². The number of fused-ring (bicyclic) bond motifs is 2. The average Bonchev–Trinajstić information content (AvgIpc) is 2.84. The Labute approximate surface area is 125 Å². The molecular formula is C17H11FN2S. The topological polar surface area (TPSA) is 20.7 Å². The number of hydrogen-bond donors (Lipinski definition) is 1. The quantitative estimate of drug-likeness (QED) is 0.491. The lowest BCUT2D eigenvalue weighted by molar-refractivity contribution is 0.637. The number of hydrogen-bond acceptors (Lipinski definition) is 1. The Kier molecular flexibility index (Phi) is 2.65. The monoisotopic (exact) mass is 294 g/mol. The van der Waals surface area contributed by atoms with Crippen molar-refractivity contribution < 1.29 is 4.39 Å². The van der Waals surface area contributed by atoms with Crippen molar-refractivity contribution in [2.75, 3.05) is 0 Å². The number of benzene rings is 3. The molecule has 0 bridgehead atoms. The van der Waals surface area contributed by atoms with Crippen LogP contribution in [0.5, 0.6) is 0 Å².